The minimum atomic E-state index is -3.16. The number of phenolic OH excluding ortho intramolecular Hbond substituents is 1. The predicted octanol–water partition coefficient (Wildman–Crippen LogP) is 0.908. The van der Waals surface area contributed by atoms with Crippen LogP contribution in [0.15, 0.2) is 18.2 Å². The van der Waals surface area contributed by atoms with Crippen molar-refractivity contribution in [3.63, 3.8) is 0 Å². The van der Waals surface area contributed by atoms with Crippen LogP contribution in [0.1, 0.15) is 30.5 Å². The maximum absolute atomic E-state index is 11.5. The van der Waals surface area contributed by atoms with Gasteiger partial charge in [0.25, 0.3) is 0 Å². The van der Waals surface area contributed by atoms with Crippen LogP contribution in [0.3, 0.4) is 0 Å². The van der Waals surface area contributed by atoms with Crippen molar-refractivity contribution in [2.45, 2.75) is 25.8 Å². The zero-order valence-electron chi connectivity index (χ0n) is 11.0. The molecule has 0 heterocycles. The lowest BCUT2D eigenvalue weighted by atomic mass is 10.1. The molecule has 2 rings (SSSR count). The monoisotopic (exact) mass is 284 g/mol. The van der Waals surface area contributed by atoms with Crippen molar-refractivity contribution in [2.24, 2.45) is 0 Å². The summed E-state index contributed by atoms with van der Waals surface area (Å²) in [4.78, 5) is 0. The summed E-state index contributed by atoms with van der Waals surface area (Å²) in [5.74, 6) is 0.374. The molecule has 6 heteroatoms. The molecule has 1 aliphatic carbocycles. The highest BCUT2D eigenvalue weighted by molar-refractivity contribution is 7.89. The smallest absolute Gasteiger partial charge is 0.212 e. The fourth-order valence-electron chi connectivity index (χ4n) is 2.48. The van der Waals surface area contributed by atoms with Crippen LogP contribution in [0.4, 0.5) is 0 Å². The molecule has 0 aromatic heterocycles. The van der Waals surface area contributed by atoms with Gasteiger partial charge < -0.3 is 10.4 Å². The maximum Gasteiger partial charge on any atom is 0.212 e. The maximum atomic E-state index is 11.5. The van der Waals surface area contributed by atoms with Crippen LogP contribution in [-0.2, 0) is 16.4 Å². The zero-order chi connectivity index (χ0) is 13.9. The third kappa shape index (κ3) is 3.68. The summed E-state index contributed by atoms with van der Waals surface area (Å²) in [6.07, 6.45) is 1.86. The second-order valence-corrected chi connectivity index (χ2v) is 6.67. The Hall–Kier alpha value is -1.11. The highest BCUT2D eigenvalue weighted by atomic mass is 32.2. The van der Waals surface area contributed by atoms with Gasteiger partial charge in [0.05, 0.1) is 5.75 Å². The average Bonchev–Trinajstić information content (AvgIpc) is 2.71. The summed E-state index contributed by atoms with van der Waals surface area (Å²) < 4.78 is 25.5. The van der Waals surface area contributed by atoms with Crippen LogP contribution < -0.4 is 10.0 Å². The van der Waals surface area contributed by atoms with Crippen LogP contribution in [0.2, 0.25) is 0 Å². The van der Waals surface area contributed by atoms with Crippen LogP contribution in [0, 0.1) is 0 Å². The minimum Gasteiger partial charge on any atom is -0.508 e. The Balaban J connectivity index is 1.90. The van der Waals surface area contributed by atoms with Crippen LogP contribution in [-0.4, -0.2) is 32.4 Å². The van der Waals surface area contributed by atoms with E-state index in [1.165, 1.54) is 5.56 Å². The SMILES string of the molecule is CCNS(=O)(=O)CCNC1CCc2cc(O)ccc21. The average molecular weight is 284 g/mol. The summed E-state index contributed by atoms with van der Waals surface area (Å²) in [5, 5.41) is 12.7. The number of hydrogen-bond acceptors (Lipinski definition) is 4. The van der Waals surface area contributed by atoms with Crippen LogP contribution in [0.25, 0.3) is 0 Å². The number of sulfonamides is 1. The minimum absolute atomic E-state index is 0.0881. The third-order valence-corrected chi connectivity index (χ3v) is 4.80. The Morgan fingerprint density at radius 2 is 2.21 bits per heavy atom. The molecule has 0 radical (unpaired) electrons. The van der Waals surface area contributed by atoms with E-state index in [0.717, 1.165) is 18.4 Å². The zero-order valence-corrected chi connectivity index (χ0v) is 11.8. The first-order valence-corrected chi connectivity index (χ1v) is 8.19. The van der Waals surface area contributed by atoms with Crippen molar-refractivity contribution in [1.82, 2.24) is 10.0 Å². The summed E-state index contributed by atoms with van der Waals surface area (Å²) in [6, 6.07) is 5.56. The molecule has 1 aromatic carbocycles. The van der Waals surface area contributed by atoms with E-state index in [1.807, 2.05) is 6.07 Å². The van der Waals surface area contributed by atoms with Crippen molar-refractivity contribution >= 4 is 10.0 Å². The number of fused-ring (bicyclic) bond motifs is 1. The van der Waals surface area contributed by atoms with Gasteiger partial charge in [0.1, 0.15) is 5.75 Å². The molecule has 1 unspecified atom stereocenters. The Morgan fingerprint density at radius 1 is 1.42 bits per heavy atom. The second-order valence-electron chi connectivity index (χ2n) is 4.75. The van der Waals surface area contributed by atoms with Crippen LogP contribution >= 0.6 is 0 Å². The van der Waals surface area contributed by atoms with Crippen LogP contribution in [0.5, 0.6) is 5.75 Å². The molecule has 0 fully saturated rings. The quantitative estimate of drug-likeness (QED) is 0.725. The summed E-state index contributed by atoms with van der Waals surface area (Å²) in [6.45, 7) is 2.62. The molecule has 19 heavy (non-hydrogen) atoms. The molecule has 1 aromatic rings. The van der Waals surface area contributed by atoms with Crippen molar-refractivity contribution in [3.8, 4) is 5.75 Å². The van der Waals surface area contributed by atoms with Gasteiger partial charge in [-0.3, -0.25) is 0 Å². The number of aryl methyl sites for hydroxylation is 1. The van der Waals surface area contributed by atoms with E-state index in [2.05, 4.69) is 10.0 Å². The number of hydrogen-bond donors (Lipinski definition) is 3. The largest absolute Gasteiger partial charge is 0.508 e. The Bertz CT molecular complexity index is 543. The third-order valence-electron chi connectivity index (χ3n) is 3.33. The first-order valence-electron chi connectivity index (χ1n) is 6.54. The molecule has 0 saturated heterocycles. The Morgan fingerprint density at radius 3 is 2.95 bits per heavy atom. The van der Waals surface area contributed by atoms with E-state index in [1.54, 1.807) is 19.1 Å². The number of rotatable bonds is 6. The van der Waals surface area contributed by atoms with Gasteiger partial charge in [-0.15, -0.1) is 0 Å². The van der Waals surface area contributed by atoms with E-state index in [4.69, 9.17) is 0 Å². The highest BCUT2D eigenvalue weighted by Crippen LogP contribution is 2.32. The normalized spacial score (nSPS) is 18.5. The molecule has 106 valence electrons. The second kappa shape index (κ2) is 5.90. The van der Waals surface area contributed by atoms with Crippen molar-refractivity contribution in [2.75, 3.05) is 18.8 Å². The first-order chi connectivity index (χ1) is 9.02. The van der Waals surface area contributed by atoms with Gasteiger partial charge in [0.15, 0.2) is 0 Å². The molecule has 5 nitrogen and oxygen atoms in total. The Kier molecular flexibility index (Phi) is 4.44. The topological polar surface area (TPSA) is 78.4 Å². The molecule has 0 spiro atoms. The van der Waals surface area contributed by atoms with E-state index < -0.39 is 10.0 Å². The molecule has 1 atom stereocenters. The summed E-state index contributed by atoms with van der Waals surface area (Å²) in [5.41, 5.74) is 2.31. The summed E-state index contributed by atoms with van der Waals surface area (Å²) >= 11 is 0. The van der Waals surface area contributed by atoms with Gasteiger partial charge in [0, 0.05) is 19.1 Å². The lowest BCUT2D eigenvalue weighted by Crippen LogP contribution is -2.32. The van der Waals surface area contributed by atoms with E-state index in [-0.39, 0.29) is 17.5 Å². The number of phenols is 1. The molecular formula is C13H20N2O3S. The molecular weight excluding hydrogens is 264 g/mol. The van der Waals surface area contributed by atoms with Gasteiger partial charge >= 0.3 is 0 Å². The van der Waals surface area contributed by atoms with E-state index in [9.17, 15) is 13.5 Å². The van der Waals surface area contributed by atoms with Crippen molar-refractivity contribution < 1.29 is 13.5 Å². The number of nitrogens with one attached hydrogen (secondary N) is 2. The molecule has 0 saturated carbocycles. The first kappa shape index (κ1) is 14.3. The van der Waals surface area contributed by atoms with Gasteiger partial charge in [-0.1, -0.05) is 13.0 Å². The summed E-state index contributed by atoms with van der Waals surface area (Å²) in [7, 11) is -3.16. The molecule has 0 bridgehead atoms. The predicted molar refractivity (Wildman–Crippen MR) is 74.6 cm³/mol. The lowest BCUT2D eigenvalue weighted by molar-refractivity contribution is 0.474. The number of aromatic hydroxyl groups is 1. The van der Waals surface area contributed by atoms with E-state index in [0.29, 0.717) is 13.1 Å². The highest BCUT2D eigenvalue weighted by Gasteiger charge is 2.22. The molecule has 1 aliphatic rings. The number of benzene rings is 1. The van der Waals surface area contributed by atoms with Gasteiger partial charge in [-0.2, -0.15) is 0 Å². The van der Waals surface area contributed by atoms with E-state index >= 15 is 0 Å². The standard InChI is InChI=1S/C13H20N2O3S/c1-2-15-19(17,18)8-7-14-13-6-3-10-9-11(16)4-5-12(10)13/h4-5,9,13-16H,2-3,6-8H2,1H3. The fourth-order valence-corrected chi connectivity index (χ4v) is 3.45. The van der Waals surface area contributed by atoms with Gasteiger partial charge in [0.2, 0.25) is 10.0 Å². The molecule has 0 amide bonds. The molecule has 3 N–H and O–H groups in total. The van der Waals surface area contributed by atoms with Gasteiger partial charge in [-0.25, -0.2) is 13.1 Å². The van der Waals surface area contributed by atoms with Gasteiger partial charge in [-0.05, 0) is 36.1 Å². The lowest BCUT2D eigenvalue weighted by Gasteiger charge is -2.14. The Labute approximate surface area is 114 Å². The van der Waals surface area contributed by atoms with Crippen molar-refractivity contribution in [3.05, 3.63) is 29.3 Å². The van der Waals surface area contributed by atoms with Crippen molar-refractivity contribution in [1.29, 1.82) is 0 Å². The fraction of sp³-hybridized carbons (Fsp3) is 0.538. The molecule has 0 aliphatic heterocycles.